The van der Waals surface area contributed by atoms with Crippen molar-refractivity contribution in [1.29, 1.82) is 0 Å². The van der Waals surface area contributed by atoms with Gasteiger partial charge in [-0.05, 0) is 36.6 Å². The monoisotopic (exact) mass is 435 g/mol. The van der Waals surface area contributed by atoms with E-state index >= 15 is 0 Å². The largest absolute Gasteiger partial charge is 0.454 e. The Kier molecular flexibility index (Phi) is 5.76. The predicted octanol–water partition coefficient (Wildman–Crippen LogP) is 5.34. The number of hydrogen-bond donors (Lipinski definition) is 2. The third-order valence-corrected chi connectivity index (χ3v) is 6.66. The number of thiazole rings is 1. The van der Waals surface area contributed by atoms with Crippen molar-refractivity contribution in [3.8, 4) is 33.3 Å². The maximum absolute atomic E-state index is 12.1. The molecule has 2 amide bonds. The van der Waals surface area contributed by atoms with E-state index in [4.69, 9.17) is 14.5 Å². The maximum atomic E-state index is 12.1. The zero-order chi connectivity index (χ0) is 21.0. The lowest BCUT2D eigenvalue weighted by molar-refractivity contribution is 0.174. The molecule has 0 unspecified atom stereocenters. The molecule has 1 aliphatic carbocycles. The molecule has 1 fully saturated rings. The third kappa shape index (κ3) is 4.66. The molecule has 5 rings (SSSR count). The Morgan fingerprint density at radius 1 is 1.00 bits per heavy atom. The molecule has 2 heterocycles. The van der Waals surface area contributed by atoms with Crippen molar-refractivity contribution in [1.82, 2.24) is 15.6 Å². The van der Waals surface area contributed by atoms with Crippen LogP contribution in [0.2, 0.25) is 0 Å². The summed E-state index contributed by atoms with van der Waals surface area (Å²) >= 11 is 1.61. The fraction of sp³-hybridized carbons (Fsp3) is 0.333. The fourth-order valence-corrected chi connectivity index (χ4v) is 4.86. The van der Waals surface area contributed by atoms with Crippen molar-refractivity contribution in [3.05, 3.63) is 53.4 Å². The van der Waals surface area contributed by atoms with Crippen LogP contribution in [0, 0.1) is 0 Å². The fourth-order valence-electron chi connectivity index (χ4n) is 4.03. The molecule has 1 saturated carbocycles. The van der Waals surface area contributed by atoms with Crippen molar-refractivity contribution in [2.24, 2.45) is 0 Å². The minimum absolute atomic E-state index is 0.0794. The van der Waals surface area contributed by atoms with Crippen LogP contribution >= 0.6 is 11.3 Å². The van der Waals surface area contributed by atoms with Gasteiger partial charge in [0.05, 0.1) is 5.69 Å². The van der Waals surface area contributed by atoms with Gasteiger partial charge in [0.2, 0.25) is 6.79 Å². The molecule has 2 aliphatic rings. The third-order valence-electron chi connectivity index (χ3n) is 5.77. The highest BCUT2D eigenvalue weighted by atomic mass is 32.1. The molecule has 6 nitrogen and oxygen atoms in total. The van der Waals surface area contributed by atoms with Gasteiger partial charge in [0.1, 0.15) is 5.01 Å². The number of carbonyl (C=O) groups is 1. The first-order chi connectivity index (χ1) is 15.2. The van der Waals surface area contributed by atoms with E-state index in [0.717, 1.165) is 51.7 Å². The minimum atomic E-state index is -0.0794. The summed E-state index contributed by atoms with van der Waals surface area (Å²) in [6, 6.07) is 14.3. The molecule has 3 aromatic rings. The SMILES string of the molecule is O=C(NCc1ccc(-c2nc(-c3ccc4c(c3)OCO4)cs2)cc1)NC1CCCCC1. The van der Waals surface area contributed by atoms with Crippen LogP contribution in [0.4, 0.5) is 4.79 Å². The second-order valence-electron chi connectivity index (χ2n) is 7.96. The Hall–Kier alpha value is -3.06. The van der Waals surface area contributed by atoms with Crippen molar-refractivity contribution in [2.75, 3.05) is 6.79 Å². The van der Waals surface area contributed by atoms with Gasteiger partial charge in [-0.2, -0.15) is 0 Å². The lowest BCUT2D eigenvalue weighted by atomic mass is 9.96. The van der Waals surface area contributed by atoms with E-state index in [1.54, 1.807) is 11.3 Å². The van der Waals surface area contributed by atoms with Crippen molar-refractivity contribution < 1.29 is 14.3 Å². The Morgan fingerprint density at radius 2 is 1.77 bits per heavy atom. The van der Waals surface area contributed by atoms with Gasteiger partial charge in [-0.1, -0.05) is 43.5 Å². The molecule has 31 heavy (non-hydrogen) atoms. The van der Waals surface area contributed by atoms with Gasteiger partial charge in [0, 0.05) is 29.1 Å². The molecular formula is C24H25N3O3S. The van der Waals surface area contributed by atoms with Crippen molar-refractivity contribution in [2.45, 2.75) is 44.7 Å². The summed E-state index contributed by atoms with van der Waals surface area (Å²) < 4.78 is 10.8. The van der Waals surface area contributed by atoms with Gasteiger partial charge >= 0.3 is 6.03 Å². The lowest BCUT2D eigenvalue weighted by Crippen LogP contribution is -2.42. The lowest BCUT2D eigenvalue weighted by Gasteiger charge is -2.22. The highest BCUT2D eigenvalue weighted by Crippen LogP contribution is 2.37. The Balaban J connectivity index is 1.19. The zero-order valence-electron chi connectivity index (χ0n) is 17.2. The highest BCUT2D eigenvalue weighted by molar-refractivity contribution is 7.13. The summed E-state index contributed by atoms with van der Waals surface area (Å²) in [5, 5.41) is 9.07. The standard InChI is InChI=1S/C24H25N3O3S/c28-24(26-19-4-2-1-3-5-19)25-13-16-6-8-17(9-7-16)23-27-20(14-31-23)18-10-11-21-22(12-18)30-15-29-21/h6-12,14,19H,1-5,13,15H2,(H2,25,26,28). The number of urea groups is 1. The van der Waals surface area contributed by atoms with Gasteiger partial charge < -0.3 is 20.1 Å². The van der Waals surface area contributed by atoms with Crippen LogP contribution in [0.1, 0.15) is 37.7 Å². The Morgan fingerprint density at radius 3 is 2.61 bits per heavy atom. The van der Waals surface area contributed by atoms with Gasteiger partial charge in [-0.25, -0.2) is 9.78 Å². The minimum Gasteiger partial charge on any atom is -0.454 e. The number of nitrogens with one attached hydrogen (secondary N) is 2. The smallest absolute Gasteiger partial charge is 0.315 e. The number of rotatable bonds is 5. The Bertz CT molecular complexity index is 1060. The van der Waals surface area contributed by atoms with E-state index in [9.17, 15) is 4.79 Å². The number of carbonyl (C=O) groups excluding carboxylic acids is 1. The summed E-state index contributed by atoms with van der Waals surface area (Å²) in [5.41, 5.74) is 4.06. The second kappa shape index (κ2) is 8.98. The first kappa shape index (κ1) is 19.9. The van der Waals surface area contributed by atoms with Crippen LogP contribution < -0.4 is 20.1 Å². The molecule has 0 spiro atoms. The molecule has 0 saturated heterocycles. The molecule has 0 radical (unpaired) electrons. The first-order valence-electron chi connectivity index (χ1n) is 10.7. The zero-order valence-corrected chi connectivity index (χ0v) is 18.0. The molecule has 0 bridgehead atoms. The maximum Gasteiger partial charge on any atom is 0.315 e. The summed E-state index contributed by atoms with van der Waals surface area (Å²) in [7, 11) is 0. The van der Waals surface area contributed by atoms with Crippen LogP contribution in [0.15, 0.2) is 47.8 Å². The molecule has 2 N–H and O–H groups in total. The van der Waals surface area contributed by atoms with Crippen molar-refractivity contribution in [3.63, 3.8) is 0 Å². The number of hydrogen-bond acceptors (Lipinski definition) is 5. The molecule has 7 heteroatoms. The van der Waals surface area contributed by atoms with Gasteiger partial charge in [0.25, 0.3) is 0 Å². The average molecular weight is 436 g/mol. The molecule has 2 aromatic carbocycles. The van der Waals surface area contributed by atoms with Crippen LogP contribution in [0.3, 0.4) is 0 Å². The number of fused-ring (bicyclic) bond motifs is 1. The molecule has 1 aromatic heterocycles. The quantitative estimate of drug-likeness (QED) is 0.568. The molecule has 160 valence electrons. The molecule has 1 aliphatic heterocycles. The van der Waals surface area contributed by atoms with Crippen LogP contribution in [0.25, 0.3) is 21.8 Å². The van der Waals surface area contributed by atoms with Crippen LogP contribution in [0.5, 0.6) is 11.5 Å². The average Bonchev–Trinajstić information content (AvgIpc) is 3.48. The normalized spacial score (nSPS) is 15.6. The van der Waals surface area contributed by atoms with Crippen LogP contribution in [-0.2, 0) is 6.54 Å². The topological polar surface area (TPSA) is 72.5 Å². The number of aromatic nitrogens is 1. The number of benzene rings is 2. The van der Waals surface area contributed by atoms with E-state index in [-0.39, 0.29) is 12.8 Å². The van der Waals surface area contributed by atoms with Gasteiger partial charge in [-0.3, -0.25) is 0 Å². The summed E-state index contributed by atoms with van der Waals surface area (Å²) in [4.78, 5) is 16.9. The second-order valence-corrected chi connectivity index (χ2v) is 8.82. The summed E-state index contributed by atoms with van der Waals surface area (Å²) in [5.74, 6) is 1.53. The highest BCUT2D eigenvalue weighted by Gasteiger charge is 2.16. The van der Waals surface area contributed by atoms with Gasteiger partial charge in [-0.15, -0.1) is 11.3 Å². The number of amides is 2. The van der Waals surface area contributed by atoms with E-state index in [1.165, 1.54) is 19.3 Å². The van der Waals surface area contributed by atoms with Crippen molar-refractivity contribution >= 4 is 17.4 Å². The molecular weight excluding hydrogens is 410 g/mol. The summed E-state index contributed by atoms with van der Waals surface area (Å²) in [6.07, 6.45) is 5.87. The first-order valence-corrected chi connectivity index (χ1v) is 11.6. The molecule has 0 atom stereocenters. The Labute approximate surface area is 185 Å². The van der Waals surface area contributed by atoms with E-state index in [0.29, 0.717) is 12.6 Å². The summed E-state index contributed by atoms with van der Waals surface area (Å²) in [6.45, 7) is 0.781. The van der Waals surface area contributed by atoms with E-state index in [2.05, 4.69) is 28.1 Å². The number of nitrogens with zero attached hydrogens (tertiary/aromatic N) is 1. The van der Waals surface area contributed by atoms with Crippen LogP contribution in [-0.4, -0.2) is 23.8 Å². The number of ether oxygens (including phenoxy) is 2. The van der Waals surface area contributed by atoms with E-state index in [1.807, 2.05) is 30.3 Å². The van der Waals surface area contributed by atoms with Gasteiger partial charge in [0.15, 0.2) is 11.5 Å². The predicted molar refractivity (Wildman–Crippen MR) is 121 cm³/mol. The van der Waals surface area contributed by atoms with E-state index < -0.39 is 0 Å².